The van der Waals surface area contributed by atoms with Crippen molar-refractivity contribution in [3.05, 3.63) is 28.9 Å². The van der Waals surface area contributed by atoms with Gasteiger partial charge in [-0.3, -0.25) is 4.68 Å². The molecule has 114 valence electrons. The van der Waals surface area contributed by atoms with Gasteiger partial charge in [0.15, 0.2) is 5.82 Å². The van der Waals surface area contributed by atoms with Crippen LogP contribution in [0.4, 0.5) is 5.82 Å². The molecular weight excluding hydrogens is 360 g/mol. The molecule has 0 spiro atoms. The third-order valence-corrected chi connectivity index (χ3v) is 4.37. The predicted octanol–water partition coefficient (Wildman–Crippen LogP) is 0.883. The summed E-state index contributed by atoms with van der Waals surface area (Å²) in [6.07, 6.45) is 3.05. The van der Waals surface area contributed by atoms with Crippen molar-refractivity contribution >= 4 is 31.8 Å². The zero-order valence-electron chi connectivity index (χ0n) is 11.5. The highest BCUT2D eigenvalue weighted by Gasteiger charge is 2.20. The number of aromatic nitrogens is 4. The Morgan fingerprint density at radius 2 is 2.14 bits per heavy atom. The Bertz CT molecular complexity index is 730. The van der Waals surface area contributed by atoms with Crippen molar-refractivity contribution in [1.29, 1.82) is 0 Å². The largest absolute Gasteiger partial charge is 0.369 e. The molecule has 0 atom stereocenters. The van der Waals surface area contributed by atoms with E-state index in [0.717, 1.165) is 0 Å². The van der Waals surface area contributed by atoms with Crippen LogP contribution in [0.1, 0.15) is 12.7 Å². The second-order valence-corrected chi connectivity index (χ2v) is 6.84. The van der Waals surface area contributed by atoms with Gasteiger partial charge in [-0.15, -0.1) is 0 Å². The van der Waals surface area contributed by atoms with E-state index in [9.17, 15) is 8.42 Å². The topological polar surface area (TPSA) is 102 Å². The van der Waals surface area contributed by atoms with Crippen molar-refractivity contribution in [3.8, 4) is 0 Å². The first-order chi connectivity index (χ1) is 9.92. The molecule has 0 aliphatic carbocycles. The number of nitrogens with one attached hydrogen (secondary N) is 2. The predicted molar refractivity (Wildman–Crippen MR) is 81.1 cm³/mol. The second-order valence-electron chi connectivity index (χ2n) is 4.19. The van der Waals surface area contributed by atoms with Crippen LogP contribution in [-0.2, 0) is 23.6 Å². The number of hydrogen-bond donors (Lipinski definition) is 2. The van der Waals surface area contributed by atoms with Gasteiger partial charge in [-0.2, -0.15) is 5.10 Å². The fourth-order valence-electron chi connectivity index (χ4n) is 1.63. The number of aryl methyl sites for hydroxylation is 1. The standard InChI is InChI=1S/C11H15BrN6O2S/c1-3-13-11-9(4-8(12)5-14-11)21(19,20)16-6-10-15-7-18(2)17-10/h4-5,7,16H,3,6H2,1-2H3,(H,13,14). The summed E-state index contributed by atoms with van der Waals surface area (Å²) >= 11 is 3.23. The van der Waals surface area contributed by atoms with E-state index in [-0.39, 0.29) is 11.4 Å². The van der Waals surface area contributed by atoms with E-state index in [4.69, 9.17) is 0 Å². The lowest BCUT2D eigenvalue weighted by Gasteiger charge is -2.11. The highest BCUT2D eigenvalue weighted by Crippen LogP contribution is 2.22. The fraction of sp³-hybridized carbons (Fsp3) is 0.364. The Hall–Kier alpha value is -1.52. The van der Waals surface area contributed by atoms with E-state index >= 15 is 0 Å². The number of halogens is 1. The van der Waals surface area contributed by atoms with E-state index in [2.05, 4.69) is 41.0 Å². The van der Waals surface area contributed by atoms with Gasteiger partial charge in [-0.05, 0) is 28.9 Å². The summed E-state index contributed by atoms with van der Waals surface area (Å²) in [7, 11) is -2.00. The lowest BCUT2D eigenvalue weighted by molar-refractivity contribution is 0.578. The van der Waals surface area contributed by atoms with Gasteiger partial charge in [0.1, 0.15) is 17.0 Å². The minimum atomic E-state index is -3.72. The Balaban J connectivity index is 2.24. The van der Waals surface area contributed by atoms with Crippen molar-refractivity contribution in [2.45, 2.75) is 18.4 Å². The molecule has 0 saturated heterocycles. The molecule has 0 bridgehead atoms. The number of rotatable bonds is 6. The molecule has 0 radical (unpaired) electrons. The highest BCUT2D eigenvalue weighted by molar-refractivity contribution is 9.10. The summed E-state index contributed by atoms with van der Waals surface area (Å²) in [4.78, 5) is 8.13. The average molecular weight is 375 g/mol. The van der Waals surface area contributed by atoms with Crippen LogP contribution in [0.3, 0.4) is 0 Å². The Morgan fingerprint density at radius 1 is 1.38 bits per heavy atom. The molecule has 2 rings (SSSR count). The maximum absolute atomic E-state index is 12.4. The quantitative estimate of drug-likeness (QED) is 0.777. The SMILES string of the molecule is CCNc1ncc(Br)cc1S(=O)(=O)NCc1ncn(C)n1. The molecule has 2 heterocycles. The van der Waals surface area contributed by atoms with Crippen LogP contribution in [-0.4, -0.2) is 34.7 Å². The van der Waals surface area contributed by atoms with Crippen LogP contribution in [0.2, 0.25) is 0 Å². The molecule has 0 saturated carbocycles. The van der Waals surface area contributed by atoms with Crippen molar-refractivity contribution in [2.75, 3.05) is 11.9 Å². The summed E-state index contributed by atoms with van der Waals surface area (Å²) < 4.78 is 29.3. The van der Waals surface area contributed by atoms with Crippen molar-refractivity contribution in [2.24, 2.45) is 7.05 Å². The third kappa shape index (κ3) is 3.99. The van der Waals surface area contributed by atoms with Gasteiger partial charge in [0, 0.05) is 24.3 Å². The highest BCUT2D eigenvalue weighted by atomic mass is 79.9. The Labute approximate surface area is 131 Å². The monoisotopic (exact) mass is 374 g/mol. The lowest BCUT2D eigenvalue weighted by Crippen LogP contribution is -2.25. The van der Waals surface area contributed by atoms with E-state index in [1.54, 1.807) is 7.05 Å². The van der Waals surface area contributed by atoms with Gasteiger partial charge in [0.2, 0.25) is 10.0 Å². The molecular formula is C11H15BrN6O2S. The van der Waals surface area contributed by atoms with Crippen LogP contribution >= 0.6 is 15.9 Å². The maximum Gasteiger partial charge on any atom is 0.244 e. The zero-order chi connectivity index (χ0) is 15.5. The molecule has 0 aliphatic heterocycles. The molecule has 0 aromatic carbocycles. The van der Waals surface area contributed by atoms with Gasteiger partial charge < -0.3 is 5.32 Å². The van der Waals surface area contributed by atoms with Gasteiger partial charge in [0.05, 0.1) is 6.54 Å². The summed E-state index contributed by atoms with van der Waals surface area (Å²) in [6, 6.07) is 1.50. The van der Waals surface area contributed by atoms with Crippen LogP contribution < -0.4 is 10.0 Å². The number of hydrogen-bond acceptors (Lipinski definition) is 6. The number of pyridine rings is 1. The van der Waals surface area contributed by atoms with Crippen molar-refractivity contribution < 1.29 is 8.42 Å². The summed E-state index contributed by atoms with van der Waals surface area (Å²) in [5.41, 5.74) is 0. The molecule has 0 aliphatic rings. The molecule has 8 nitrogen and oxygen atoms in total. The minimum absolute atomic E-state index is 0.0151. The van der Waals surface area contributed by atoms with Gasteiger partial charge >= 0.3 is 0 Å². The van der Waals surface area contributed by atoms with Crippen LogP contribution in [0, 0.1) is 0 Å². The average Bonchev–Trinajstić information content (AvgIpc) is 2.85. The van der Waals surface area contributed by atoms with Gasteiger partial charge in [0.25, 0.3) is 0 Å². The minimum Gasteiger partial charge on any atom is -0.369 e. The number of anilines is 1. The van der Waals surface area contributed by atoms with E-state index < -0.39 is 10.0 Å². The second kappa shape index (κ2) is 6.50. The first kappa shape index (κ1) is 15.9. The molecule has 2 aromatic rings. The molecule has 0 unspecified atom stereocenters. The smallest absolute Gasteiger partial charge is 0.244 e. The fourth-order valence-corrected chi connectivity index (χ4v) is 3.25. The van der Waals surface area contributed by atoms with Crippen LogP contribution in [0.25, 0.3) is 0 Å². The first-order valence-electron chi connectivity index (χ1n) is 6.16. The van der Waals surface area contributed by atoms with E-state index in [0.29, 0.717) is 22.7 Å². The van der Waals surface area contributed by atoms with Crippen LogP contribution in [0.5, 0.6) is 0 Å². The summed E-state index contributed by atoms with van der Waals surface area (Å²) in [5, 5.41) is 6.95. The molecule has 2 aromatic heterocycles. The molecule has 0 amide bonds. The first-order valence-corrected chi connectivity index (χ1v) is 8.43. The molecule has 2 N–H and O–H groups in total. The van der Waals surface area contributed by atoms with Crippen molar-refractivity contribution in [1.82, 2.24) is 24.5 Å². The Morgan fingerprint density at radius 3 is 2.76 bits per heavy atom. The zero-order valence-corrected chi connectivity index (χ0v) is 13.9. The van der Waals surface area contributed by atoms with Gasteiger partial charge in [-0.1, -0.05) is 0 Å². The van der Waals surface area contributed by atoms with Crippen LogP contribution in [0.15, 0.2) is 28.0 Å². The summed E-state index contributed by atoms with van der Waals surface area (Å²) in [5.74, 6) is 0.705. The van der Waals surface area contributed by atoms with Crippen molar-refractivity contribution in [3.63, 3.8) is 0 Å². The molecule has 10 heteroatoms. The third-order valence-electron chi connectivity index (χ3n) is 2.52. The van der Waals surface area contributed by atoms with E-state index in [1.165, 1.54) is 23.3 Å². The molecule has 0 fully saturated rings. The van der Waals surface area contributed by atoms with E-state index in [1.807, 2.05) is 6.92 Å². The molecule has 21 heavy (non-hydrogen) atoms. The number of nitrogens with zero attached hydrogens (tertiary/aromatic N) is 4. The van der Waals surface area contributed by atoms with Gasteiger partial charge in [-0.25, -0.2) is 23.1 Å². The summed E-state index contributed by atoms with van der Waals surface area (Å²) in [6.45, 7) is 2.45. The maximum atomic E-state index is 12.4. The lowest BCUT2D eigenvalue weighted by atomic mass is 10.4. The Kier molecular flexibility index (Phi) is 4.91. The number of sulfonamides is 1. The normalized spacial score (nSPS) is 11.6.